The molecule has 10 heteroatoms. The van der Waals surface area contributed by atoms with Gasteiger partial charge >= 0.3 is 5.97 Å². The van der Waals surface area contributed by atoms with Crippen LogP contribution in [-0.4, -0.2) is 37.4 Å². The number of aromatic nitrogens is 1. The Balaban J connectivity index is 1.74. The van der Waals surface area contributed by atoms with Crippen molar-refractivity contribution in [1.29, 1.82) is 0 Å². The van der Waals surface area contributed by atoms with E-state index in [1.54, 1.807) is 43.3 Å². The smallest absolute Gasteiger partial charge is 0.338 e. The minimum absolute atomic E-state index is 0.100. The van der Waals surface area contributed by atoms with Gasteiger partial charge in [-0.1, -0.05) is 6.07 Å². The number of fused-ring (bicyclic) bond motifs is 1. The van der Waals surface area contributed by atoms with Gasteiger partial charge in [-0.15, -0.1) is 0 Å². The van der Waals surface area contributed by atoms with Gasteiger partial charge in [-0.2, -0.15) is 4.31 Å². The SMILES string of the molecule is CCOC(=O)c1cccc(S(=O)(=O)N(Cc2ccco2)Cc2cc3ccc(OC)cc3[nH]c2=O)c1. The Hall–Kier alpha value is -3.89. The van der Waals surface area contributed by atoms with Crippen LogP contribution < -0.4 is 10.3 Å². The summed E-state index contributed by atoms with van der Waals surface area (Å²) in [6, 6.07) is 15.8. The maximum atomic E-state index is 13.7. The Morgan fingerprint density at radius 3 is 2.60 bits per heavy atom. The third-order valence-electron chi connectivity index (χ3n) is 5.37. The van der Waals surface area contributed by atoms with Crippen LogP contribution in [-0.2, 0) is 27.8 Å². The van der Waals surface area contributed by atoms with Gasteiger partial charge in [0.05, 0.1) is 42.5 Å². The molecule has 0 saturated heterocycles. The molecule has 35 heavy (non-hydrogen) atoms. The number of ether oxygens (including phenoxy) is 2. The van der Waals surface area contributed by atoms with E-state index in [-0.39, 0.29) is 35.7 Å². The lowest BCUT2D eigenvalue weighted by Gasteiger charge is -2.21. The second-order valence-corrected chi connectivity index (χ2v) is 9.62. The molecule has 2 aromatic carbocycles. The number of carbonyl (C=O) groups is 1. The molecule has 2 heterocycles. The van der Waals surface area contributed by atoms with Gasteiger partial charge in [0.15, 0.2) is 0 Å². The van der Waals surface area contributed by atoms with E-state index in [2.05, 4.69) is 4.98 Å². The van der Waals surface area contributed by atoms with E-state index in [1.165, 1.54) is 37.6 Å². The van der Waals surface area contributed by atoms with Gasteiger partial charge in [0, 0.05) is 18.2 Å². The number of sulfonamides is 1. The fourth-order valence-corrected chi connectivity index (χ4v) is 5.04. The molecule has 4 rings (SSSR count). The molecule has 2 aromatic heterocycles. The van der Waals surface area contributed by atoms with Crippen LogP contribution in [0.5, 0.6) is 5.75 Å². The zero-order chi connectivity index (χ0) is 25.0. The number of benzene rings is 2. The molecule has 0 atom stereocenters. The minimum Gasteiger partial charge on any atom is -0.497 e. The number of hydrogen-bond donors (Lipinski definition) is 1. The molecule has 0 aliphatic carbocycles. The van der Waals surface area contributed by atoms with Crippen LogP contribution >= 0.6 is 0 Å². The standard InChI is InChI=1S/C25H24N2O7S/c1-3-33-25(29)18-6-4-8-22(13-18)35(30,31)27(16-21-7-5-11-34-21)15-19-12-17-9-10-20(32-2)14-23(17)26-24(19)28/h4-14H,3,15-16H2,1-2H3,(H,26,28). The molecule has 0 saturated carbocycles. The molecule has 0 unspecified atom stereocenters. The van der Waals surface area contributed by atoms with Crippen molar-refractivity contribution in [2.45, 2.75) is 24.9 Å². The van der Waals surface area contributed by atoms with Crippen LogP contribution in [0.25, 0.3) is 10.9 Å². The van der Waals surface area contributed by atoms with E-state index in [1.807, 2.05) is 0 Å². The normalized spacial score (nSPS) is 11.6. The van der Waals surface area contributed by atoms with Crippen LogP contribution in [0, 0.1) is 0 Å². The minimum atomic E-state index is -4.13. The van der Waals surface area contributed by atoms with Gasteiger partial charge < -0.3 is 18.9 Å². The fraction of sp³-hybridized carbons (Fsp3) is 0.200. The lowest BCUT2D eigenvalue weighted by atomic mass is 10.1. The molecule has 0 amide bonds. The molecule has 0 fully saturated rings. The van der Waals surface area contributed by atoms with Crippen LogP contribution in [0.3, 0.4) is 0 Å². The molecule has 9 nitrogen and oxygen atoms in total. The van der Waals surface area contributed by atoms with Crippen LogP contribution in [0.15, 0.2) is 81.0 Å². The van der Waals surface area contributed by atoms with Gasteiger partial charge in [0.25, 0.3) is 5.56 Å². The summed E-state index contributed by atoms with van der Waals surface area (Å²) in [5.41, 5.74) is 0.508. The lowest BCUT2D eigenvalue weighted by molar-refractivity contribution is 0.0526. The molecular formula is C25H24N2O7S. The van der Waals surface area contributed by atoms with Crippen molar-refractivity contribution in [2.24, 2.45) is 0 Å². The molecule has 0 aliphatic heterocycles. The number of carbonyl (C=O) groups excluding carboxylic acids is 1. The van der Waals surface area contributed by atoms with Crippen molar-refractivity contribution in [3.8, 4) is 5.75 Å². The monoisotopic (exact) mass is 496 g/mol. The predicted molar refractivity (Wildman–Crippen MR) is 129 cm³/mol. The number of furan rings is 1. The summed E-state index contributed by atoms with van der Waals surface area (Å²) in [5, 5.41) is 0.722. The van der Waals surface area contributed by atoms with Crippen molar-refractivity contribution in [2.75, 3.05) is 13.7 Å². The fourth-order valence-electron chi connectivity index (χ4n) is 3.61. The number of rotatable bonds is 9. The summed E-state index contributed by atoms with van der Waals surface area (Å²) >= 11 is 0. The highest BCUT2D eigenvalue weighted by Crippen LogP contribution is 2.24. The van der Waals surface area contributed by atoms with Crippen LogP contribution in [0.2, 0.25) is 0 Å². The first-order valence-corrected chi connectivity index (χ1v) is 12.3. The first-order valence-electron chi connectivity index (χ1n) is 10.8. The maximum Gasteiger partial charge on any atom is 0.338 e. The second kappa shape index (κ2) is 10.2. The van der Waals surface area contributed by atoms with Crippen molar-refractivity contribution in [3.05, 3.63) is 94.2 Å². The summed E-state index contributed by atoms with van der Waals surface area (Å²) in [4.78, 5) is 27.7. The van der Waals surface area contributed by atoms with Gasteiger partial charge in [0.2, 0.25) is 10.0 Å². The molecule has 0 spiro atoms. The van der Waals surface area contributed by atoms with Crippen molar-refractivity contribution >= 4 is 26.9 Å². The zero-order valence-corrected chi connectivity index (χ0v) is 20.0. The van der Waals surface area contributed by atoms with E-state index >= 15 is 0 Å². The summed E-state index contributed by atoms with van der Waals surface area (Å²) in [6.07, 6.45) is 1.44. The lowest BCUT2D eigenvalue weighted by Crippen LogP contribution is -2.32. The summed E-state index contributed by atoms with van der Waals surface area (Å²) < 4.78 is 44.0. The molecule has 0 bridgehead atoms. The van der Waals surface area contributed by atoms with Crippen LogP contribution in [0.1, 0.15) is 28.6 Å². The van der Waals surface area contributed by atoms with Crippen molar-refractivity contribution in [1.82, 2.24) is 9.29 Å². The first-order chi connectivity index (χ1) is 16.8. The van der Waals surface area contributed by atoms with E-state index in [0.29, 0.717) is 17.0 Å². The Bertz CT molecular complexity index is 1510. The average molecular weight is 497 g/mol. The van der Waals surface area contributed by atoms with Crippen LogP contribution in [0.4, 0.5) is 0 Å². The zero-order valence-electron chi connectivity index (χ0n) is 19.2. The quantitative estimate of drug-likeness (QED) is 0.351. The Labute approximate surface area is 202 Å². The number of hydrogen-bond acceptors (Lipinski definition) is 7. The largest absolute Gasteiger partial charge is 0.497 e. The Morgan fingerprint density at radius 2 is 1.89 bits per heavy atom. The van der Waals surface area contributed by atoms with E-state index in [9.17, 15) is 18.0 Å². The number of H-pyrrole nitrogens is 1. The highest BCUT2D eigenvalue weighted by atomic mass is 32.2. The Morgan fingerprint density at radius 1 is 1.06 bits per heavy atom. The molecular weight excluding hydrogens is 472 g/mol. The highest BCUT2D eigenvalue weighted by Gasteiger charge is 2.28. The topological polar surface area (TPSA) is 119 Å². The number of methoxy groups -OCH3 is 1. The van der Waals surface area contributed by atoms with E-state index < -0.39 is 21.6 Å². The van der Waals surface area contributed by atoms with E-state index in [4.69, 9.17) is 13.9 Å². The number of pyridine rings is 1. The number of aromatic amines is 1. The van der Waals surface area contributed by atoms with Gasteiger partial charge in [-0.05, 0) is 60.8 Å². The third-order valence-corrected chi connectivity index (χ3v) is 7.16. The second-order valence-electron chi connectivity index (χ2n) is 7.68. The predicted octanol–water partition coefficient (Wildman–Crippen LogP) is 3.70. The van der Waals surface area contributed by atoms with Crippen molar-refractivity contribution < 1.29 is 27.1 Å². The van der Waals surface area contributed by atoms with Crippen molar-refractivity contribution in [3.63, 3.8) is 0 Å². The van der Waals surface area contributed by atoms with Gasteiger partial charge in [0.1, 0.15) is 11.5 Å². The number of esters is 1. The summed E-state index contributed by atoms with van der Waals surface area (Å²) in [5.74, 6) is 0.366. The van der Waals surface area contributed by atoms with Gasteiger partial charge in [-0.3, -0.25) is 4.79 Å². The highest BCUT2D eigenvalue weighted by molar-refractivity contribution is 7.89. The summed E-state index contributed by atoms with van der Waals surface area (Å²) in [7, 11) is -2.60. The molecule has 182 valence electrons. The summed E-state index contributed by atoms with van der Waals surface area (Å²) in [6.45, 7) is 1.50. The molecule has 0 aliphatic rings. The molecule has 4 aromatic rings. The third kappa shape index (κ3) is 5.28. The van der Waals surface area contributed by atoms with Gasteiger partial charge in [-0.25, -0.2) is 13.2 Å². The molecule has 0 radical (unpaired) electrons. The van der Waals surface area contributed by atoms with E-state index in [0.717, 1.165) is 9.69 Å². The molecule has 1 N–H and O–H groups in total. The number of nitrogens with zero attached hydrogens (tertiary/aromatic N) is 1. The number of nitrogens with one attached hydrogen (secondary N) is 1. The first kappa shape index (κ1) is 24.2. The Kier molecular flexibility index (Phi) is 7.04. The average Bonchev–Trinajstić information content (AvgIpc) is 3.37. The maximum absolute atomic E-state index is 13.7.